The molecule has 0 aromatic heterocycles. The highest BCUT2D eigenvalue weighted by molar-refractivity contribution is 6.19. The zero-order valence-corrected chi connectivity index (χ0v) is 23.3. The van der Waals surface area contributed by atoms with Crippen LogP contribution in [-0.2, 0) is 19.2 Å². The fourth-order valence-corrected chi connectivity index (χ4v) is 5.98. The molecule has 36 heavy (non-hydrogen) atoms. The van der Waals surface area contributed by atoms with Crippen molar-refractivity contribution in [1.29, 1.82) is 0 Å². The molecular weight excluding hydrogens is 456 g/mol. The second-order valence-corrected chi connectivity index (χ2v) is 10.9. The van der Waals surface area contributed by atoms with Gasteiger partial charge in [-0.15, -0.1) is 13.2 Å². The summed E-state index contributed by atoms with van der Waals surface area (Å²) in [4.78, 5) is 57.4. The highest BCUT2D eigenvalue weighted by Gasteiger charge is 2.61. The minimum absolute atomic E-state index is 0.0285. The van der Waals surface area contributed by atoms with Gasteiger partial charge in [-0.3, -0.25) is 29.0 Å². The number of hydrogen-bond acceptors (Lipinski definition) is 6. The number of carbonyl (C=O) groups is 4. The quantitative estimate of drug-likeness (QED) is 0.394. The van der Waals surface area contributed by atoms with Crippen LogP contribution in [0.15, 0.2) is 37.5 Å². The number of likely N-dealkylation sites (N-methyl/N-ethyl adjacent to an activating group) is 4. The third-order valence-electron chi connectivity index (χ3n) is 7.90. The van der Waals surface area contributed by atoms with Crippen LogP contribution in [0.3, 0.4) is 0 Å². The van der Waals surface area contributed by atoms with Crippen molar-refractivity contribution in [1.82, 2.24) is 19.6 Å². The summed E-state index contributed by atoms with van der Waals surface area (Å²) in [6, 6.07) is -0.642. The molecule has 3 aliphatic heterocycles. The van der Waals surface area contributed by atoms with Gasteiger partial charge in [0, 0.05) is 33.6 Å². The molecule has 0 unspecified atom stereocenters. The maximum absolute atomic E-state index is 12.8. The van der Waals surface area contributed by atoms with Gasteiger partial charge in [-0.2, -0.15) is 0 Å². The predicted molar refractivity (Wildman–Crippen MR) is 142 cm³/mol. The normalized spacial score (nSPS) is 30.8. The van der Waals surface area contributed by atoms with Crippen LogP contribution in [-0.4, -0.2) is 107 Å². The predicted octanol–water partition coefficient (Wildman–Crippen LogP) is 2.17. The van der Waals surface area contributed by atoms with E-state index in [9.17, 15) is 19.2 Å². The van der Waals surface area contributed by atoms with Gasteiger partial charge in [0.05, 0.1) is 12.1 Å². The Morgan fingerprint density at radius 1 is 0.917 bits per heavy atom. The summed E-state index contributed by atoms with van der Waals surface area (Å²) in [5, 5.41) is 0. The molecule has 3 rings (SSSR count). The number of ketones is 2. The molecule has 8 heteroatoms. The van der Waals surface area contributed by atoms with Gasteiger partial charge in [0.25, 0.3) is 11.8 Å². The zero-order chi connectivity index (χ0) is 27.6. The van der Waals surface area contributed by atoms with E-state index in [1.165, 1.54) is 0 Å². The van der Waals surface area contributed by atoms with Gasteiger partial charge in [-0.1, -0.05) is 52.0 Å². The van der Waals surface area contributed by atoms with Crippen molar-refractivity contribution in [3.05, 3.63) is 37.5 Å². The third kappa shape index (κ3) is 4.50. The second kappa shape index (κ2) is 11.2. The molecule has 200 valence electrons. The largest absolute Gasteiger partial charge is 0.333 e. The van der Waals surface area contributed by atoms with E-state index in [1.807, 2.05) is 51.8 Å². The van der Waals surface area contributed by atoms with Crippen molar-refractivity contribution in [2.24, 2.45) is 11.8 Å². The lowest BCUT2D eigenvalue weighted by molar-refractivity contribution is -0.141. The standard InChI is InChI=1S/C15H24N2O2.C13H20N2O2/c1-7-9-15(16(5)10-8-2)13(18)12(11(3)4)17(6)14(15)19;1-9(2)10-11(16)13(12(17)15(10)4)7-5-6-8-14(13)3/h7-8,11-12H,1-2,9-10H2,3-6H3;5-6,9-10H,7-8H2,1-4H3/t12-,15+;10-,13+/m11/s1. The average molecular weight is 501 g/mol. The molecule has 3 aliphatic rings. The monoisotopic (exact) mass is 500 g/mol. The van der Waals surface area contributed by atoms with Crippen LogP contribution < -0.4 is 0 Å². The summed E-state index contributed by atoms with van der Waals surface area (Å²) >= 11 is 0. The van der Waals surface area contributed by atoms with Crippen molar-refractivity contribution < 1.29 is 19.2 Å². The van der Waals surface area contributed by atoms with Gasteiger partial charge in [0.15, 0.2) is 22.6 Å². The van der Waals surface area contributed by atoms with E-state index in [-0.39, 0.29) is 47.3 Å². The van der Waals surface area contributed by atoms with E-state index < -0.39 is 11.1 Å². The zero-order valence-electron chi connectivity index (χ0n) is 23.3. The summed E-state index contributed by atoms with van der Waals surface area (Å²) in [5.41, 5.74) is -2.04. The summed E-state index contributed by atoms with van der Waals surface area (Å²) in [6.07, 6.45) is 8.15. The molecule has 2 saturated heterocycles. The average Bonchev–Trinajstić information content (AvgIpc) is 3.12. The number of nitrogens with zero attached hydrogens (tertiary/aromatic N) is 4. The van der Waals surface area contributed by atoms with Crippen molar-refractivity contribution >= 4 is 23.4 Å². The first-order valence-electron chi connectivity index (χ1n) is 12.7. The molecule has 2 fully saturated rings. The number of Topliss-reactive ketones (excluding diaryl/α,β-unsaturated/α-hetero) is 2. The Kier molecular flexibility index (Phi) is 9.24. The Morgan fingerprint density at radius 2 is 1.44 bits per heavy atom. The highest BCUT2D eigenvalue weighted by Crippen LogP contribution is 2.37. The van der Waals surface area contributed by atoms with Gasteiger partial charge in [0.1, 0.15) is 0 Å². The van der Waals surface area contributed by atoms with Crippen LogP contribution in [0.1, 0.15) is 40.5 Å². The smallest absolute Gasteiger partial charge is 0.251 e. The van der Waals surface area contributed by atoms with Gasteiger partial charge in [-0.25, -0.2) is 0 Å². The number of rotatable bonds is 7. The van der Waals surface area contributed by atoms with Gasteiger partial charge in [-0.05, 0) is 32.4 Å². The lowest BCUT2D eigenvalue weighted by Gasteiger charge is -2.36. The van der Waals surface area contributed by atoms with E-state index in [1.54, 1.807) is 48.0 Å². The van der Waals surface area contributed by atoms with Crippen LogP contribution in [0.4, 0.5) is 0 Å². The number of likely N-dealkylation sites (tertiary alicyclic amines) is 2. The Hall–Kier alpha value is -2.58. The van der Waals surface area contributed by atoms with E-state index in [0.29, 0.717) is 25.9 Å². The van der Waals surface area contributed by atoms with E-state index in [0.717, 1.165) is 0 Å². The topological polar surface area (TPSA) is 81.2 Å². The Labute approximate surface area is 216 Å². The van der Waals surface area contributed by atoms with Crippen LogP contribution in [0, 0.1) is 11.8 Å². The van der Waals surface area contributed by atoms with Crippen LogP contribution in [0.2, 0.25) is 0 Å². The molecule has 2 amide bonds. The summed E-state index contributed by atoms with van der Waals surface area (Å²) in [5.74, 6) is 0.111. The molecule has 3 heterocycles. The molecule has 1 spiro atoms. The highest BCUT2D eigenvalue weighted by atomic mass is 16.2. The molecule has 4 atom stereocenters. The molecule has 0 aliphatic carbocycles. The lowest BCUT2D eigenvalue weighted by atomic mass is 9.84. The molecule has 0 radical (unpaired) electrons. The summed E-state index contributed by atoms with van der Waals surface area (Å²) in [7, 11) is 7.09. The van der Waals surface area contributed by atoms with Gasteiger partial charge >= 0.3 is 0 Å². The maximum Gasteiger partial charge on any atom is 0.251 e. The fraction of sp³-hybridized carbons (Fsp3) is 0.643. The number of hydrogen-bond donors (Lipinski definition) is 0. The molecule has 0 aromatic carbocycles. The van der Waals surface area contributed by atoms with Crippen LogP contribution in [0.5, 0.6) is 0 Å². The van der Waals surface area contributed by atoms with Gasteiger partial charge in [0.2, 0.25) is 0 Å². The van der Waals surface area contributed by atoms with Crippen molar-refractivity contribution in [3.63, 3.8) is 0 Å². The fourth-order valence-electron chi connectivity index (χ4n) is 5.98. The second-order valence-electron chi connectivity index (χ2n) is 10.9. The molecule has 8 nitrogen and oxygen atoms in total. The number of carbonyl (C=O) groups excluding carboxylic acids is 4. The molecule has 0 N–H and O–H groups in total. The third-order valence-corrected chi connectivity index (χ3v) is 7.90. The maximum atomic E-state index is 12.8. The Balaban J connectivity index is 0.000000255. The van der Waals surface area contributed by atoms with Crippen molar-refractivity contribution in [2.75, 3.05) is 41.3 Å². The molecular formula is C28H44N4O4. The van der Waals surface area contributed by atoms with Gasteiger partial charge < -0.3 is 9.80 Å². The van der Waals surface area contributed by atoms with E-state index >= 15 is 0 Å². The minimum Gasteiger partial charge on any atom is -0.333 e. The lowest BCUT2D eigenvalue weighted by Crippen LogP contribution is -2.57. The number of amides is 2. The van der Waals surface area contributed by atoms with Crippen LogP contribution in [0.25, 0.3) is 0 Å². The summed E-state index contributed by atoms with van der Waals surface area (Å²) < 4.78 is 0. The molecule has 0 bridgehead atoms. The first-order valence-corrected chi connectivity index (χ1v) is 12.7. The van der Waals surface area contributed by atoms with E-state index in [4.69, 9.17) is 0 Å². The molecule has 0 saturated carbocycles. The Morgan fingerprint density at radius 3 is 1.86 bits per heavy atom. The molecule has 0 aromatic rings. The van der Waals surface area contributed by atoms with Crippen molar-refractivity contribution in [3.8, 4) is 0 Å². The summed E-state index contributed by atoms with van der Waals surface area (Å²) in [6.45, 7) is 16.4. The van der Waals surface area contributed by atoms with E-state index in [2.05, 4.69) is 13.2 Å². The SMILES string of the molecule is C=CCN(C)[C@@]1(CC=C)C(=O)[C@@H](C(C)C)N(C)C1=O.CC(C)[C@@H]1C(=O)[C@@]2(CC=CCN2C)C(=O)N1C. The van der Waals surface area contributed by atoms with Crippen molar-refractivity contribution in [2.45, 2.75) is 63.7 Å². The van der Waals surface area contributed by atoms with Crippen LogP contribution >= 0.6 is 0 Å². The minimum atomic E-state index is -1.11. The first kappa shape index (κ1) is 29.6. The first-order chi connectivity index (χ1) is 16.8. The Bertz CT molecular complexity index is 942.